The molecule has 0 radical (unpaired) electrons. The van der Waals surface area contributed by atoms with E-state index in [1.807, 2.05) is 30.0 Å². The minimum Gasteiger partial charge on any atom is -0.361 e. The number of thiophene rings is 1. The Morgan fingerprint density at radius 2 is 2.40 bits per heavy atom. The molecule has 1 atom stereocenters. The molecule has 1 saturated heterocycles. The number of hydrogen-bond donors (Lipinski definition) is 0. The van der Waals surface area contributed by atoms with Crippen molar-refractivity contribution in [1.82, 2.24) is 10.1 Å². The highest BCUT2D eigenvalue weighted by Crippen LogP contribution is 2.33. The molecule has 0 bridgehead atoms. The standard InChI is InChI=1S/C15H18N2O2S/c1-3-11-6-7-14(20-11)15(18)17-8-4-5-13(17)12-9-10(2)19-16-12/h6-7,9,13H,3-5,8H2,1-2H3. The molecule has 1 fully saturated rings. The first-order chi connectivity index (χ1) is 9.69. The Bertz CT molecular complexity index is 617. The van der Waals surface area contributed by atoms with Crippen LogP contribution in [-0.4, -0.2) is 22.5 Å². The molecule has 106 valence electrons. The van der Waals surface area contributed by atoms with E-state index in [2.05, 4.69) is 12.1 Å². The fraction of sp³-hybridized carbons (Fsp3) is 0.467. The van der Waals surface area contributed by atoms with Crippen molar-refractivity contribution in [2.24, 2.45) is 0 Å². The zero-order valence-corrected chi connectivity index (χ0v) is 12.6. The second-order valence-corrected chi connectivity index (χ2v) is 6.31. The fourth-order valence-electron chi connectivity index (χ4n) is 2.68. The van der Waals surface area contributed by atoms with Crippen LogP contribution in [0.5, 0.6) is 0 Å². The van der Waals surface area contributed by atoms with Crippen LogP contribution in [0.1, 0.15) is 51.8 Å². The van der Waals surface area contributed by atoms with E-state index in [4.69, 9.17) is 4.52 Å². The van der Waals surface area contributed by atoms with E-state index in [-0.39, 0.29) is 11.9 Å². The SMILES string of the molecule is CCc1ccc(C(=O)N2CCCC2c2cc(C)on2)s1. The van der Waals surface area contributed by atoms with Crippen molar-refractivity contribution >= 4 is 17.2 Å². The summed E-state index contributed by atoms with van der Waals surface area (Å²) in [6, 6.07) is 5.98. The van der Waals surface area contributed by atoms with Gasteiger partial charge >= 0.3 is 0 Å². The van der Waals surface area contributed by atoms with Gasteiger partial charge in [0.05, 0.1) is 10.9 Å². The molecule has 3 rings (SSSR count). The van der Waals surface area contributed by atoms with E-state index in [1.54, 1.807) is 11.3 Å². The highest BCUT2D eigenvalue weighted by atomic mass is 32.1. The third-order valence-electron chi connectivity index (χ3n) is 3.72. The van der Waals surface area contributed by atoms with Crippen molar-refractivity contribution in [1.29, 1.82) is 0 Å². The topological polar surface area (TPSA) is 46.3 Å². The summed E-state index contributed by atoms with van der Waals surface area (Å²) in [6.45, 7) is 4.79. The molecule has 3 heterocycles. The van der Waals surface area contributed by atoms with E-state index in [1.165, 1.54) is 4.88 Å². The number of aryl methyl sites for hydroxylation is 2. The summed E-state index contributed by atoms with van der Waals surface area (Å²) in [7, 11) is 0. The van der Waals surface area contributed by atoms with Gasteiger partial charge in [0.25, 0.3) is 5.91 Å². The van der Waals surface area contributed by atoms with Crippen molar-refractivity contribution in [3.63, 3.8) is 0 Å². The van der Waals surface area contributed by atoms with Crippen LogP contribution in [0.2, 0.25) is 0 Å². The molecule has 0 N–H and O–H groups in total. The predicted molar refractivity (Wildman–Crippen MR) is 77.9 cm³/mol. The van der Waals surface area contributed by atoms with Gasteiger partial charge in [-0.15, -0.1) is 11.3 Å². The van der Waals surface area contributed by atoms with Crippen molar-refractivity contribution in [2.75, 3.05) is 6.54 Å². The van der Waals surface area contributed by atoms with Crippen LogP contribution < -0.4 is 0 Å². The summed E-state index contributed by atoms with van der Waals surface area (Å²) in [5.41, 5.74) is 0.876. The van der Waals surface area contributed by atoms with Crippen LogP contribution in [0.15, 0.2) is 22.7 Å². The number of carbonyl (C=O) groups is 1. The van der Waals surface area contributed by atoms with Gasteiger partial charge in [-0.1, -0.05) is 12.1 Å². The smallest absolute Gasteiger partial charge is 0.264 e. The molecule has 2 aromatic heterocycles. The summed E-state index contributed by atoms with van der Waals surface area (Å²) in [5, 5.41) is 4.08. The molecule has 5 heteroatoms. The second kappa shape index (κ2) is 5.40. The molecule has 1 amide bonds. The van der Waals surface area contributed by atoms with E-state index in [9.17, 15) is 4.79 Å². The molecule has 0 saturated carbocycles. The molecule has 1 unspecified atom stereocenters. The molecule has 0 spiro atoms. The lowest BCUT2D eigenvalue weighted by atomic mass is 10.1. The summed E-state index contributed by atoms with van der Waals surface area (Å²) < 4.78 is 5.15. The number of carbonyl (C=O) groups excluding carboxylic acids is 1. The van der Waals surface area contributed by atoms with E-state index in [0.29, 0.717) is 0 Å². The van der Waals surface area contributed by atoms with E-state index >= 15 is 0 Å². The van der Waals surface area contributed by atoms with Gasteiger partial charge < -0.3 is 9.42 Å². The number of nitrogens with zero attached hydrogens (tertiary/aromatic N) is 2. The maximum Gasteiger partial charge on any atom is 0.264 e. The monoisotopic (exact) mass is 290 g/mol. The minimum atomic E-state index is 0.0622. The van der Waals surface area contributed by atoms with Crippen LogP contribution in [0.4, 0.5) is 0 Å². The molecular weight excluding hydrogens is 272 g/mol. The molecule has 4 nitrogen and oxygen atoms in total. The number of aromatic nitrogens is 1. The number of likely N-dealkylation sites (tertiary alicyclic amines) is 1. The maximum atomic E-state index is 12.6. The van der Waals surface area contributed by atoms with Crippen LogP contribution >= 0.6 is 11.3 Å². The molecular formula is C15H18N2O2S. The quantitative estimate of drug-likeness (QED) is 0.868. The van der Waals surface area contributed by atoms with Gasteiger partial charge in [0.15, 0.2) is 0 Å². The van der Waals surface area contributed by atoms with Crippen LogP contribution in [0, 0.1) is 6.92 Å². The predicted octanol–water partition coefficient (Wildman–Crippen LogP) is 3.58. The normalized spacial score (nSPS) is 18.7. The van der Waals surface area contributed by atoms with Crippen molar-refractivity contribution < 1.29 is 9.32 Å². The Labute approximate surface area is 122 Å². The summed E-state index contributed by atoms with van der Waals surface area (Å²) in [5.74, 6) is 0.918. The zero-order chi connectivity index (χ0) is 14.1. The molecule has 1 aliphatic heterocycles. The highest BCUT2D eigenvalue weighted by Gasteiger charge is 2.33. The number of amides is 1. The molecule has 20 heavy (non-hydrogen) atoms. The summed E-state index contributed by atoms with van der Waals surface area (Å²) >= 11 is 1.60. The third kappa shape index (κ3) is 2.38. The minimum absolute atomic E-state index is 0.0622. The highest BCUT2D eigenvalue weighted by molar-refractivity contribution is 7.14. The zero-order valence-electron chi connectivity index (χ0n) is 11.8. The van der Waals surface area contributed by atoms with E-state index < -0.39 is 0 Å². The van der Waals surface area contributed by atoms with Crippen molar-refractivity contribution in [3.05, 3.63) is 39.4 Å². The van der Waals surface area contributed by atoms with Gasteiger partial charge in [-0.05, 0) is 38.3 Å². The Hall–Kier alpha value is -1.62. The van der Waals surface area contributed by atoms with Gasteiger partial charge in [-0.2, -0.15) is 0 Å². The average Bonchev–Trinajstić information content (AvgIpc) is 3.17. The van der Waals surface area contributed by atoms with Crippen LogP contribution in [0.3, 0.4) is 0 Å². The first-order valence-corrected chi connectivity index (χ1v) is 7.83. The number of hydrogen-bond acceptors (Lipinski definition) is 4. The van der Waals surface area contributed by atoms with E-state index in [0.717, 1.165) is 42.1 Å². The fourth-order valence-corrected chi connectivity index (χ4v) is 3.59. The second-order valence-electron chi connectivity index (χ2n) is 5.14. The maximum absolute atomic E-state index is 12.6. The Morgan fingerprint density at radius 1 is 1.55 bits per heavy atom. The first-order valence-electron chi connectivity index (χ1n) is 7.02. The van der Waals surface area contributed by atoms with Crippen molar-refractivity contribution in [2.45, 2.75) is 39.2 Å². The van der Waals surface area contributed by atoms with Crippen molar-refractivity contribution in [3.8, 4) is 0 Å². The van der Waals surface area contributed by atoms with Gasteiger partial charge in [-0.25, -0.2) is 0 Å². The lowest BCUT2D eigenvalue weighted by Crippen LogP contribution is -2.30. The lowest BCUT2D eigenvalue weighted by Gasteiger charge is -2.22. The largest absolute Gasteiger partial charge is 0.361 e. The van der Waals surface area contributed by atoms with Gasteiger partial charge in [0.1, 0.15) is 11.5 Å². The van der Waals surface area contributed by atoms with Crippen LogP contribution in [-0.2, 0) is 6.42 Å². The first kappa shape index (κ1) is 13.4. The number of rotatable bonds is 3. The molecule has 0 aliphatic carbocycles. The van der Waals surface area contributed by atoms with Gasteiger partial charge in [0, 0.05) is 17.5 Å². The Morgan fingerprint density at radius 3 is 3.05 bits per heavy atom. The molecule has 0 aromatic carbocycles. The Kier molecular flexibility index (Phi) is 3.61. The van der Waals surface area contributed by atoms with Crippen LogP contribution in [0.25, 0.3) is 0 Å². The molecule has 2 aromatic rings. The summed E-state index contributed by atoms with van der Waals surface area (Å²) in [4.78, 5) is 16.7. The Balaban J connectivity index is 1.83. The van der Waals surface area contributed by atoms with Gasteiger partial charge in [0.2, 0.25) is 0 Å². The average molecular weight is 290 g/mol. The van der Waals surface area contributed by atoms with Gasteiger partial charge in [-0.3, -0.25) is 4.79 Å². The summed E-state index contributed by atoms with van der Waals surface area (Å²) in [6.07, 6.45) is 2.96. The molecule has 1 aliphatic rings. The third-order valence-corrected chi connectivity index (χ3v) is 4.94. The lowest BCUT2D eigenvalue weighted by molar-refractivity contribution is 0.0736.